The maximum absolute atomic E-state index is 6.52. The minimum absolute atomic E-state index is 0.597. The molecule has 0 saturated carbocycles. The van der Waals surface area contributed by atoms with E-state index in [-0.39, 0.29) is 0 Å². The molecule has 0 radical (unpaired) electrons. The highest BCUT2D eigenvalue weighted by atomic mass is 16.3. The van der Waals surface area contributed by atoms with Crippen molar-refractivity contribution >= 4 is 54.5 Å². The van der Waals surface area contributed by atoms with Crippen LogP contribution < -0.4 is 0 Å². The van der Waals surface area contributed by atoms with E-state index in [0.29, 0.717) is 17.5 Å². The second kappa shape index (κ2) is 13.8. The molecule has 0 N–H and O–H groups in total. The van der Waals surface area contributed by atoms with Gasteiger partial charge in [-0.3, -0.25) is 0 Å². The summed E-state index contributed by atoms with van der Waals surface area (Å²) >= 11 is 0. The topological polar surface area (TPSA) is 56.7 Å². The van der Waals surface area contributed by atoms with Gasteiger partial charge in [-0.15, -0.1) is 0 Å². The van der Waals surface area contributed by atoms with Crippen LogP contribution in [0.2, 0.25) is 0 Å². The van der Waals surface area contributed by atoms with Gasteiger partial charge in [-0.1, -0.05) is 158 Å². The largest absolute Gasteiger partial charge is 0.456 e. The van der Waals surface area contributed by atoms with Crippen molar-refractivity contribution in [3.8, 4) is 62.1 Å². The van der Waals surface area contributed by atoms with Crippen molar-refractivity contribution in [2.24, 2.45) is 0 Å². The van der Waals surface area contributed by atoms with E-state index in [9.17, 15) is 0 Å². The van der Waals surface area contributed by atoms with Crippen molar-refractivity contribution in [3.63, 3.8) is 0 Å². The van der Waals surface area contributed by atoms with Crippen LogP contribution in [0.5, 0.6) is 0 Å². The summed E-state index contributed by atoms with van der Waals surface area (Å²) in [6.07, 6.45) is 0. The molecule has 0 saturated heterocycles. The van der Waals surface area contributed by atoms with Crippen LogP contribution in [0.1, 0.15) is 0 Å². The minimum atomic E-state index is 0.597. The Morgan fingerprint density at radius 1 is 0.317 bits per heavy atom. The van der Waals surface area contributed by atoms with Crippen molar-refractivity contribution in [1.82, 2.24) is 19.5 Å². The molecule has 0 bridgehead atoms. The second-order valence-corrected chi connectivity index (χ2v) is 15.2. The molecule has 9 aromatic carbocycles. The third-order valence-corrected chi connectivity index (χ3v) is 11.7. The van der Waals surface area contributed by atoms with Gasteiger partial charge in [0.1, 0.15) is 11.2 Å². The summed E-state index contributed by atoms with van der Waals surface area (Å²) in [5.41, 5.74) is 12.5. The van der Waals surface area contributed by atoms with Crippen LogP contribution in [0.3, 0.4) is 0 Å². The van der Waals surface area contributed by atoms with Gasteiger partial charge in [-0.05, 0) is 81.6 Å². The molecule has 5 heteroatoms. The number of nitrogens with zero attached hydrogens (tertiary/aromatic N) is 4. The van der Waals surface area contributed by atoms with Crippen molar-refractivity contribution < 1.29 is 4.42 Å². The van der Waals surface area contributed by atoms with Gasteiger partial charge in [-0.25, -0.2) is 15.0 Å². The van der Waals surface area contributed by atoms with Crippen molar-refractivity contribution in [2.75, 3.05) is 0 Å². The van der Waals surface area contributed by atoms with E-state index in [0.717, 1.165) is 55.4 Å². The Morgan fingerprint density at radius 3 is 1.52 bits per heavy atom. The lowest BCUT2D eigenvalue weighted by molar-refractivity contribution is 0.669. The van der Waals surface area contributed by atoms with E-state index in [1.54, 1.807) is 0 Å². The number of hydrogen-bond donors (Lipinski definition) is 0. The summed E-state index contributed by atoms with van der Waals surface area (Å²) in [5.74, 6) is 1.84. The summed E-state index contributed by atoms with van der Waals surface area (Å²) in [6.45, 7) is 0. The van der Waals surface area contributed by atoms with E-state index >= 15 is 0 Å². The first-order valence-electron chi connectivity index (χ1n) is 20.2. The predicted octanol–water partition coefficient (Wildman–Crippen LogP) is 14.4. The van der Waals surface area contributed by atoms with Gasteiger partial charge in [0.2, 0.25) is 0 Å². The fourth-order valence-electron chi connectivity index (χ4n) is 8.91. The molecule has 280 valence electrons. The summed E-state index contributed by atoms with van der Waals surface area (Å²) in [4.78, 5) is 15.1. The maximum atomic E-state index is 6.52. The number of furan rings is 1. The molecule has 3 heterocycles. The molecule has 0 spiro atoms. The lowest BCUT2D eigenvalue weighted by Crippen LogP contribution is -2.00. The first kappa shape index (κ1) is 33.9. The molecule has 0 amide bonds. The average Bonchev–Trinajstić information content (AvgIpc) is 3.87. The highest BCUT2D eigenvalue weighted by Crippen LogP contribution is 2.42. The summed E-state index contributed by atoms with van der Waals surface area (Å²) < 4.78 is 8.89. The fourth-order valence-corrected chi connectivity index (χ4v) is 8.91. The molecule has 0 aliphatic carbocycles. The van der Waals surface area contributed by atoms with Crippen LogP contribution in [-0.4, -0.2) is 19.5 Å². The Hall–Kier alpha value is -8.15. The lowest BCUT2D eigenvalue weighted by Gasteiger charge is -2.13. The van der Waals surface area contributed by atoms with E-state index in [1.165, 1.54) is 43.7 Å². The number of fused-ring (bicyclic) bond motifs is 7. The molecule has 0 aliphatic rings. The number of aromatic nitrogens is 4. The van der Waals surface area contributed by atoms with E-state index < -0.39 is 0 Å². The van der Waals surface area contributed by atoms with Gasteiger partial charge in [0.05, 0.1) is 11.0 Å². The van der Waals surface area contributed by atoms with Gasteiger partial charge in [-0.2, -0.15) is 0 Å². The molecule has 3 aromatic heterocycles. The van der Waals surface area contributed by atoms with E-state index in [1.807, 2.05) is 72.8 Å². The van der Waals surface area contributed by atoms with Gasteiger partial charge in [0.15, 0.2) is 17.5 Å². The molecule has 5 nitrogen and oxygen atoms in total. The number of hydrogen-bond acceptors (Lipinski definition) is 4. The lowest BCUT2D eigenvalue weighted by atomic mass is 9.91. The number of benzene rings is 9. The van der Waals surface area contributed by atoms with Crippen LogP contribution in [0.15, 0.2) is 211 Å². The molecule has 60 heavy (non-hydrogen) atoms. The van der Waals surface area contributed by atoms with Crippen molar-refractivity contribution in [3.05, 3.63) is 206 Å². The van der Waals surface area contributed by atoms with Crippen LogP contribution in [0.4, 0.5) is 0 Å². The van der Waals surface area contributed by atoms with Gasteiger partial charge < -0.3 is 8.98 Å². The smallest absolute Gasteiger partial charge is 0.164 e. The fraction of sp³-hybridized carbons (Fsp3) is 0. The van der Waals surface area contributed by atoms with Crippen molar-refractivity contribution in [2.45, 2.75) is 0 Å². The first-order chi connectivity index (χ1) is 29.7. The number of para-hydroxylation sites is 2. The molecule has 0 fully saturated rings. The van der Waals surface area contributed by atoms with Crippen LogP contribution in [0.25, 0.3) is 117 Å². The second-order valence-electron chi connectivity index (χ2n) is 15.2. The van der Waals surface area contributed by atoms with Gasteiger partial charge in [0.25, 0.3) is 0 Å². The normalized spacial score (nSPS) is 11.7. The molecule has 12 rings (SSSR count). The van der Waals surface area contributed by atoms with Gasteiger partial charge in [0, 0.05) is 43.9 Å². The third-order valence-electron chi connectivity index (χ3n) is 11.7. The van der Waals surface area contributed by atoms with Crippen LogP contribution in [-0.2, 0) is 0 Å². The molecule has 12 aromatic rings. The number of rotatable bonds is 6. The minimum Gasteiger partial charge on any atom is -0.456 e. The van der Waals surface area contributed by atoms with E-state index in [4.69, 9.17) is 19.4 Å². The van der Waals surface area contributed by atoms with E-state index in [2.05, 4.69) is 138 Å². The summed E-state index contributed by atoms with van der Waals surface area (Å²) in [6, 6.07) is 72.3. The monoisotopic (exact) mass is 766 g/mol. The Morgan fingerprint density at radius 2 is 0.850 bits per heavy atom. The average molecular weight is 767 g/mol. The Bertz CT molecular complexity index is 3530. The Balaban J connectivity index is 1.01. The zero-order valence-corrected chi connectivity index (χ0v) is 32.3. The maximum Gasteiger partial charge on any atom is 0.164 e. The Labute approximate surface area is 345 Å². The summed E-state index contributed by atoms with van der Waals surface area (Å²) in [7, 11) is 0. The molecule has 0 aliphatic heterocycles. The molecule has 0 unspecified atom stereocenters. The quantitative estimate of drug-likeness (QED) is 0.169. The highest BCUT2D eigenvalue weighted by molar-refractivity contribution is 6.15. The molecule has 0 atom stereocenters. The van der Waals surface area contributed by atoms with Gasteiger partial charge >= 0.3 is 0 Å². The zero-order valence-electron chi connectivity index (χ0n) is 32.3. The third kappa shape index (κ3) is 5.52. The standard InChI is InChI=1S/C55H34N4O/c1-4-15-35(16-5-1)53-56-54(36-17-6-2-7-18-36)58-55(57-53)45-24-14-26-51-52(45)47-34-38(28-32-50(47)60-51)41-30-29-40(42-21-10-11-22-43(41)42)37-27-31-49-46(33-37)44-23-12-13-25-48(44)59(49)39-19-8-3-9-20-39/h1-34H. The molecular formula is C55H34N4O. The molecular weight excluding hydrogens is 733 g/mol. The van der Waals surface area contributed by atoms with Crippen molar-refractivity contribution in [1.29, 1.82) is 0 Å². The van der Waals surface area contributed by atoms with Crippen LogP contribution >= 0.6 is 0 Å². The zero-order chi connectivity index (χ0) is 39.6. The Kier molecular flexibility index (Phi) is 7.78. The SMILES string of the molecule is c1ccc(-c2nc(-c3ccccc3)nc(-c3cccc4oc5ccc(-c6ccc(-c7ccc8c(c7)c7ccccc7n8-c7ccccc7)c7ccccc67)cc5c34)n2)cc1. The summed E-state index contributed by atoms with van der Waals surface area (Å²) in [5, 5.41) is 6.84. The predicted molar refractivity (Wildman–Crippen MR) is 246 cm³/mol. The first-order valence-corrected chi connectivity index (χ1v) is 20.2. The van der Waals surface area contributed by atoms with Crippen LogP contribution in [0, 0.1) is 0 Å². The highest BCUT2D eigenvalue weighted by Gasteiger charge is 2.20.